The van der Waals surface area contributed by atoms with Crippen molar-refractivity contribution >= 4 is 17.3 Å². The molecule has 0 saturated carbocycles. The normalized spacial score (nSPS) is 12.7. The van der Waals surface area contributed by atoms with Gasteiger partial charge in [-0.05, 0) is 31.0 Å². The molecule has 0 bridgehead atoms. The molecule has 1 aromatic carbocycles. The second-order valence-electron chi connectivity index (χ2n) is 3.77. The van der Waals surface area contributed by atoms with E-state index in [1.165, 1.54) is 0 Å². The maximum atomic E-state index is 5.83. The zero-order valence-electron chi connectivity index (χ0n) is 9.29. The van der Waals surface area contributed by atoms with Crippen molar-refractivity contribution in [1.82, 2.24) is 0 Å². The molecule has 2 nitrogen and oxygen atoms in total. The van der Waals surface area contributed by atoms with Crippen molar-refractivity contribution in [2.75, 3.05) is 5.73 Å². The van der Waals surface area contributed by atoms with E-state index in [0.29, 0.717) is 23.4 Å². The second-order valence-corrected chi connectivity index (χ2v) is 4.17. The van der Waals surface area contributed by atoms with Crippen LogP contribution in [0.5, 0.6) is 0 Å². The highest BCUT2D eigenvalue weighted by Gasteiger charge is 2.02. The lowest BCUT2D eigenvalue weighted by Crippen LogP contribution is -2.07. The minimum absolute atomic E-state index is 0.298. The number of nitrogens with two attached hydrogens (primary N) is 1. The van der Waals surface area contributed by atoms with E-state index in [4.69, 9.17) is 22.1 Å². The van der Waals surface area contributed by atoms with Gasteiger partial charge in [-0.2, -0.15) is 0 Å². The van der Waals surface area contributed by atoms with E-state index in [2.05, 4.69) is 13.8 Å². The average molecular weight is 228 g/mol. The minimum Gasteiger partial charge on any atom is -0.398 e. The molecule has 0 heterocycles. The van der Waals surface area contributed by atoms with Gasteiger partial charge in [0.1, 0.15) is 0 Å². The summed E-state index contributed by atoms with van der Waals surface area (Å²) in [5, 5.41) is 0.598. The topological polar surface area (TPSA) is 35.2 Å². The van der Waals surface area contributed by atoms with Crippen molar-refractivity contribution < 1.29 is 4.74 Å². The summed E-state index contributed by atoms with van der Waals surface area (Å²) in [4.78, 5) is 0. The monoisotopic (exact) mass is 227 g/mol. The number of nitrogen functional groups attached to an aromatic ring is 1. The average Bonchev–Trinajstić information content (AvgIpc) is 2.20. The van der Waals surface area contributed by atoms with Crippen LogP contribution < -0.4 is 5.73 Å². The number of ether oxygens (including phenoxy) is 1. The second kappa shape index (κ2) is 5.99. The quantitative estimate of drug-likeness (QED) is 0.780. The summed E-state index contributed by atoms with van der Waals surface area (Å²) in [7, 11) is 0. The largest absolute Gasteiger partial charge is 0.398 e. The van der Waals surface area contributed by atoms with E-state index >= 15 is 0 Å². The van der Waals surface area contributed by atoms with E-state index in [1.807, 2.05) is 12.1 Å². The van der Waals surface area contributed by atoms with Crippen LogP contribution in [-0.4, -0.2) is 6.10 Å². The van der Waals surface area contributed by atoms with Crippen LogP contribution in [0.2, 0.25) is 5.02 Å². The summed E-state index contributed by atoms with van der Waals surface area (Å²) in [6, 6.07) is 5.61. The molecule has 3 heteroatoms. The van der Waals surface area contributed by atoms with Gasteiger partial charge < -0.3 is 10.5 Å². The molecule has 0 saturated heterocycles. The van der Waals surface area contributed by atoms with Gasteiger partial charge in [0, 0.05) is 0 Å². The smallest absolute Gasteiger partial charge is 0.0721 e. The van der Waals surface area contributed by atoms with E-state index in [0.717, 1.165) is 18.4 Å². The zero-order valence-corrected chi connectivity index (χ0v) is 10.1. The van der Waals surface area contributed by atoms with Crippen LogP contribution in [-0.2, 0) is 11.3 Å². The van der Waals surface area contributed by atoms with Gasteiger partial charge in [0.05, 0.1) is 23.4 Å². The first-order chi connectivity index (χ1) is 7.13. The summed E-state index contributed by atoms with van der Waals surface area (Å²) < 4.78 is 5.66. The molecular formula is C12H18ClNO. The summed E-state index contributed by atoms with van der Waals surface area (Å²) in [5.41, 5.74) is 7.38. The van der Waals surface area contributed by atoms with Crippen molar-refractivity contribution in [2.24, 2.45) is 0 Å². The Morgan fingerprint density at radius 1 is 1.47 bits per heavy atom. The van der Waals surface area contributed by atoms with Gasteiger partial charge in [0.25, 0.3) is 0 Å². The Hall–Kier alpha value is -0.730. The predicted octanol–water partition coefficient (Wildman–Crippen LogP) is 3.63. The summed E-state index contributed by atoms with van der Waals surface area (Å²) >= 11 is 5.83. The Labute approximate surface area is 96.4 Å². The molecule has 15 heavy (non-hydrogen) atoms. The van der Waals surface area contributed by atoms with Crippen molar-refractivity contribution in [3.63, 3.8) is 0 Å². The first kappa shape index (κ1) is 12.3. The minimum atomic E-state index is 0.298. The standard InChI is InChI=1S/C12H18ClNO/c1-3-4-9(2)15-8-10-5-6-11(13)12(14)7-10/h5-7,9H,3-4,8,14H2,1-2H3. The lowest BCUT2D eigenvalue weighted by molar-refractivity contribution is 0.0472. The van der Waals surface area contributed by atoms with Crippen LogP contribution in [0.3, 0.4) is 0 Å². The summed E-state index contributed by atoms with van der Waals surface area (Å²) in [6.07, 6.45) is 2.53. The Morgan fingerprint density at radius 3 is 2.80 bits per heavy atom. The summed E-state index contributed by atoms with van der Waals surface area (Å²) in [6.45, 7) is 4.84. The van der Waals surface area contributed by atoms with Gasteiger partial charge in [-0.3, -0.25) is 0 Å². The molecule has 0 fully saturated rings. The van der Waals surface area contributed by atoms with E-state index in [1.54, 1.807) is 6.07 Å². The first-order valence-corrected chi connectivity index (χ1v) is 5.66. The van der Waals surface area contributed by atoms with Gasteiger partial charge in [-0.1, -0.05) is 31.0 Å². The molecule has 0 aromatic heterocycles. The van der Waals surface area contributed by atoms with Crippen LogP contribution >= 0.6 is 11.6 Å². The van der Waals surface area contributed by atoms with Gasteiger partial charge in [-0.15, -0.1) is 0 Å². The molecule has 0 radical (unpaired) electrons. The molecule has 84 valence electrons. The van der Waals surface area contributed by atoms with Crippen LogP contribution in [0, 0.1) is 0 Å². The predicted molar refractivity (Wildman–Crippen MR) is 65.0 cm³/mol. The van der Waals surface area contributed by atoms with Crippen LogP contribution in [0.15, 0.2) is 18.2 Å². The molecule has 1 rings (SSSR count). The van der Waals surface area contributed by atoms with Gasteiger partial charge in [-0.25, -0.2) is 0 Å². The lowest BCUT2D eigenvalue weighted by Gasteiger charge is -2.12. The molecule has 0 aliphatic heterocycles. The fourth-order valence-corrected chi connectivity index (χ4v) is 1.53. The first-order valence-electron chi connectivity index (χ1n) is 5.29. The molecule has 0 aliphatic rings. The molecule has 0 spiro atoms. The molecule has 1 atom stereocenters. The number of hydrogen-bond donors (Lipinski definition) is 1. The Balaban J connectivity index is 2.47. The maximum absolute atomic E-state index is 5.83. The SMILES string of the molecule is CCCC(C)OCc1ccc(Cl)c(N)c1. The van der Waals surface area contributed by atoms with Gasteiger partial charge in [0.2, 0.25) is 0 Å². The molecular weight excluding hydrogens is 210 g/mol. The van der Waals surface area contributed by atoms with Gasteiger partial charge in [0.15, 0.2) is 0 Å². The van der Waals surface area contributed by atoms with E-state index in [-0.39, 0.29) is 0 Å². The molecule has 0 aliphatic carbocycles. The number of halogens is 1. The molecule has 1 unspecified atom stereocenters. The third kappa shape index (κ3) is 4.10. The molecule has 1 aromatic rings. The fourth-order valence-electron chi connectivity index (χ4n) is 1.41. The summed E-state index contributed by atoms with van der Waals surface area (Å²) in [5.74, 6) is 0. The van der Waals surface area contributed by atoms with Gasteiger partial charge >= 0.3 is 0 Å². The van der Waals surface area contributed by atoms with Crippen molar-refractivity contribution in [1.29, 1.82) is 0 Å². The van der Waals surface area contributed by atoms with Crippen molar-refractivity contribution in [2.45, 2.75) is 39.4 Å². The highest BCUT2D eigenvalue weighted by molar-refractivity contribution is 6.33. The third-order valence-corrected chi connectivity index (χ3v) is 2.63. The van der Waals surface area contributed by atoms with Crippen molar-refractivity contribution in [3.05, 3.63) is 28.8 Å². The van der Waals surface area contributed by atoms with Crippen LogP contribution in [0.4, 0.5) is 5.69 Å². The Bertz CT molecular complexity index is 314. The van der Waals surface area contributed by atoms with Crippen molar-refractivity contribution in [3.8, 4) is 0 Å². The Kier molecular flexibility index (Phi) is 4.92. The molecule has 2 N–H and O–H groups in total. The third-order valence-electron chi connectivity index (χ3n) is 2.29. The van der Waals surface area contributed by atoms with Crippen LogP contribution in [0.1, 0.15) is 32.3 Å². The Morgan fingerprint density at radius 2 is 2.20 bits per heavy atom. The maximum Gasteiger partial charge on any atom is 0.0721 e. The highest BCUT2D eigenvalue weighted by Crippen LogP contribution is 2.20. The van der Waals surface area contributed by atoms with Crippen LogP contribution in [0.25, 0.3) is 0 Å². The molecule has 0 amide bonds. The number of anilines is 1. The highest BCUT2D eigenvalue weighted by atomic mass is 35.5. The number of hydrogen-bond acceptors (Lipinski definition) is 2. The lowest BCUT2D eigenvalue weighted by atomic mass is 10.2. The van der Waals surface area contributed by atoms with E-state index < -0.39 is 0 Å². The number of rotatable bonds is 5. The fraction of sp³-hybridized carbons (Fsp3) is 0.500. The van der Waals surface area contributed by atoms with E-state index in [9.17, 15) is 0 Å². The number of benzene rings is 1. The zero-order chi connectivity index (χ0) is 11.3.